The molecule has 0 unspecified atom stereocenters. The highest BCUT2D eigenvalue weighted by molar-refractivity contribution is 5.80. The number of aliphatic hydroxyl groups is 1. The third-order valence-electron chi connectivity index (χ3n) is 2.61. The van der Waals surface area contributed by atoms with E-state index in [0.717, 1.165) is 11.1 Å². The Morgan fingerprint density at radius 1 is 1.42 bits per heavy atom. The Balaban J connectivity index is 2.55. The fraction of sp³-hybridized carbons (Fsp3) is 0.385. The number of carboxylic acids is 1. The second kappa shape index (κ2) is 6.75. The molecule has 1 atom stereocenters. The molecule has 0 radical (unpaired) electrons. The molecule has 0 aliphatic carbocycles. The van der Waals surface area contributed by atoms with Gasteiger partial charge in [-0.2, -0.15) is 0 Å². The van der Waals surface area contributed by atoms with Crippen LogP contribution >= 0.6 is 0 Å². The topological polar surface area (TPSA) is 95.9 Å². The van der Waals surface area contributed by atoms with Crippen molar-refractivity contribution in [3.05, 3.63) is 29.3 Å². The van der Waals surface area contributed by atoms with Crippen LogP contribution in [0.3, 0.4) is 0 Å². The van der Waals surface area contributed by atoms with Gasteiger partial charge in [-0.1, -0.05) is 12.1 Å². The van der Waals surface area contributed by atoms with Crippen LogP contribution in [-0.4, -0.2) is 41.8 Å². The minimum atomic E-state index is -1.59. The third kappa shape index (κ3) is 4.59. The molecule has 0 bridgehead atoms. The number of rotatable bonds is 6. The average Bonchev–Trinajstić information content (AvgIpc) is 2.38. The molecule has 0 aliphatic heterocycles. The van der Waals surface area contributed by atoms with Gasteiger partial charge in [-0.25, -0.2) is 4.79 Å². The largest absolute Gasteiger partial charge is 0.496 e. The molecular formula is C13H17NO5. The summed E-state index contributed by atoms with van der Waals surface area (Å²) in [6, 6.07) is 5.39. The van der Waals surface area contributed by atoms with Crippen LogP contribution in [-0.2, 0) is 16.0 Å². The molecule has 19 heavy (non-hydrogen) atoms. The molecule has 1 rings (SSSR count). The Bertz CT molecular complexity index is 472. The highest BCUT2D eigenvalue weighted by atomic mass is 16.5. The van der Waals surface area contributed by atoms with Gasteiger partial charge in [-0.15, -0.1) is 0 Å². The highest BCUT2D eigenvalue weighted by Crippen LogP contribution is 2.19. The quantitative estimate of drug-likeness (QED) is 0.679. The second-order valence-electron chi connectivity index (χ2n) is 4.14. The minimum absolute atomic E-state index is 0.100. The molecule has 6 heteroatoms. The number of carboxylic acid groups (broad SMARTS) is 1. The Morgan fingerprint density at radius 2 is 2.11 bits per heavy atom. The van der Waals surface area contributed by atoms with Crippen LogP contribution in [0, 0.1) is 6.92 Å². The van der Waals surface area contributed by atoms with Gasteiger partial charge in [-0.3, -0.25) is 4.79 Å². The van der Waals surface area contributed by atoms with Crippen LogP contribution in [0.1, 0.15) is 11.1 Å². The standard InChI is InChI=1S/C13H17NO5/c1-8-3-4-9(5-11(8)19-2)6-12(16)14-7-10(15)13(17)18/h3-5,10,15H,6-7H2,1-2H3,(H,14,16)(H,17,18)/t10-/m0/s1. The van der Waals surface area contributed by atoms with Crippen LogP contribution in [0.2, 0.25) is 0 Å². The maximum absolute atomic E-state index is 11.6. The van der Waals surface area contributed by atoms with E-state index in [2.05, 4.69) is 5.32 Å². The number of nitrogens with one attached hydrogen (secondary N) is 1. The van der Waals surface area contributed by atoms with Crippen molar-refractivity contribution in [1.82, 2.24) is 5.32 Å². The van der Waals surface area contributed by atoms with E-state index in [-0.39, 0.29) is 18.9 Å². The number of hydrogen-bond donors (Lipinski definition) is 3. The number of ether oxygens (including phenoxy) is 1. The van der Waals surface area contributed by atoms with Gasteiger partial charge < -0.3 is 20.3 Å². The summed E-state index contributed by atoms with van der Waals surface area (Å²) in [6.07, 6.45) is -1.49. The molecule has 0 spiro atoms. The SMILES string of the molecule is COc1cc(CC(=O)NC[C@H](O)C(=O)O)ccc1C. The Morgan fingerprint density at radius 3 is 2.68 bits per heavy atom. The molecule has 1 aromatic rings. The summed E-state index contributed by atoms with van der Waals surface area (Å²) >= 11 is 0. The van der Waals surface area contributed by atoms with Crippen LogP contribution < -0.4 is 10.1 Å². The van der Waals surface area contributed by atoms with Crippen LogP contribution in [0.15, 0.2) is 18.2 Å². The van der Waals surface area contributed by atoms with Crippen LogP contribution in [0.4, 0.5) is 0 Å². The van der Waals surface area contributed by atoms with Crippen molar-refractivity contribution in [3.8, 4) is 5.75 Å². The number of hydrogen-bond acceptors (Lipinski definition) is 4. The number of amides is 1. The summed E-state index contributed by atoms with van der Waals surface area (Å²) in [7, 11) is 1.55. The van der Waals surface area contributed by atoms with E-state index in [1.807, 2.05) is 13.0 Å². The summed E-state index contributed by atoms with van der Waals surface area (Å²) < 4.78 is 5.15. The summed E-state index contributed by atoms with van der Waals surface area (Å²) in [5.74, 6) is -1.03. The lowest BCUT2D eigenvalue weighted by atomic mass is 10.1. The molecule has 1 aromatic carbocycles. The van der Waals surface area contributed by atoms with Gasteiger partial charge in [0.05, 0.1) is 20.1 Å². The first kappa shape index (κ1) is 15.0. The van der Waals surface area contributed by atoms with Gasteiger partial charge in [0.15, 0.2) is 6.10 Å². The lowest BCUT2D eigenvalue weighted by molar-refractivity contribution is -0.146. The highest BCUT2D eigenvalue weighted by Gasteiger charge is 2.14. The number of aryl methyl sites for hydroxylation is 1. The Labute approximate surface area is 111 Å². The lowest BCUT2D eigenvalue weighted by Crippen LogP contribution is -2.37. The normalized spacial score (nSPS) is 11.7. The van der Waals surface area contributed by atoms with E-state index < -0.39 is 12.1 Å². The Hall–Kier alpha value is -2.08. The van der Waals surface area contributed by atoms with Crippen LogP contribution in [0.25, 0.3) is 0 Å². The molecule has 0 aliphatic rings. The fourth-order valence-electron chi connectivity index (χ4n) is 1.52. The first-order chi connectivity index (χ1) is 8.93. The molecule has 0 saturated heterocycles. The van der Waals surface area contributed by atoms with Crippen molar-refractivity contribution < 1.29 is 24.5 Å². The third-order valence-corrected chi connectivity index (χ3v) is 2.61. The molecule has 6 nitrogen and oxygen atoms in total. The molecule has 0 heterocycles. The Kier molecular flexibility index (Phi) is 5.32. The van der Waals surface area contributed by atoms with Crippen molar-refractivity contribution in [2.75, 3.05) is 13.7 Å². The maximum atomic E-state index is 11.6. The van der Waals surface area contributed by atoms with Gasteiger partial charge in [0.2, 0.25) is 5.91 Å². The zero-order valence-corrected chi connectivity index (χ0v) is 10.8. The number of benzene rings is 1. The van der Waals surface area contributed by atoms with Gasteiger partial charge >= 0.3 is 5.97 Å². The molecule has 3 N–H and O–H groups in total. The molecule has 0 fully saturated rings. The van der Waals surface area contributed by atoms with Crippen molar-refractivity contribution in [1.29, 1.82) is 0 Å². The van der Waals surface area contributed by atoms with E-state index in [4.69, 9.17) is 14.9 Å². The second-order valence-corrected chi connectivity index (χ2v) is 4.14. The number of carbonyl (C=O) groups excluding carboxylic acids is 1. The summed E-state index contributed by atoms with van der Waals surface area (Å²) in [5.41, 5.74) is 1.72. The zero-order chi connectivity index (χ0) is 14.4. The lowest BCUT2D eigenvalue weighted by Gasteiger charge is -2.09. The maximum Gasteiger partial charge on any atom is 0.334 e. The number of carbonyl (C=O) groups is 2. The zero-order valence-electron chi connectivity index (χ0n) is 10.8. The van der Waals surface area contributed by atoms with Gasteiger partial charge in [0.25, 0.3) is 0 Å². The first-order valence-corrected chi connectivity index (χ1v) is 5.75. The van der Waals surface area contributed by atoms with E-state index in [1.54, 1.807) is 19.2 Å². The summed E-state index contributed by atoms with van der Waals surface area (Å²) in [5, 5.41) is 19.8. The summed E-state index contributed by atoms with van der Waals surface area (Å²) in [4.78, 5) is 21.9. The van der Waals surface area contributed by atoms with E-state index in [0.29, 0.717) is 5.75 Å². The van der Waals surface area contributed by atoms with Gasteiger partial charge in [-0.05, 0) is 24.1 Å². The molecular weight excluding hydrogens is 250 g/mol. The van der Waals surface area contributed by atoms with E-state index >= 15 is 0 Å². The molecule has 104 valence electrons. The predicted octanol–water partition coefficient (Wildman–Crippen LogP) is 0.108. The van der Waals surface area contributed by atoms with E-state index in [9.17, 15) is 9.59 Å². The first-order valence-electron chi connectivity index (χ1n) is 5.75. The molecule has 1 amide bonds. The van der Waals surface area contributed by atoms with Crippen molar-refractivity contribution in [2.24, 2.45) is 0 Å². The van der Waals surface area contributed by atoms with E-state index in [1.165, 1.54) is 0 Å². The fourth-order valence-corrected chi connectivity index (χ4v) is 1.52. The summed E-state index contributed by atoms with van der Waals surface area (Å²) in [6.45, 7) is 1.59. The number of aliphatic carboxylic acids is 1. The molecule has 0 saturated carbocycles. The van der Waals surface area contributed by atoms with Crippen molar-refractivity contribution in [2.45, 2.75) is 19.4 Å². The predicted molar refractivity (Wildman–Crippen MR) is 68.1 cm³/mol. The van der Waals surface area contributed by atoms with Crippen LogP contribution in [0.5, 0.6) is 5.75 Å². The monoisotopic (exact) mass is 267 g/mol. The smallest absolute Gasteiger partial charge is 0.334 e. The average molecular weight is 267 g/mol. The number of methoxy groups -OCH3 is 1. The van der Waals surface area contributed by atoms with Gasteiger partial charge in [0, 0.05) is 0 Å². The van der Waals surface area contributed by atoms with Crippen molar-refractivity contribution >= 4 is 11.9 Å². The molecule has 0 aromatic heterocycles. The van der Waals surface area contributed by atoms with Gasteiger partial charge in [0.1, 0.15) is 5.75 Å². The van der Waals surface area contributed by atoms with Crippen molar-refractivity contribution in [3.63, 3.8) is 0 Å². The minimum Gasteiger partial charge on any atom is -0.496 e. The number of aliphatic hydroxyl groups excluding tert-OH is 1.